The van der Waals surface area contributed by atoms with E-state index in [2.05, 4.69) is 15.6 Å². The van der Waals surface area contributed by atoms with Gasteiger partial charge < -0.3 is 19.5 Å². The van der Waals surface area contributed by atoms with Crippen molar-refractivity contribution in [3.05, 3.63) is 65.0 Å². The second-order valence-corrected chi connectivity index (χ2v) is 7.44. The summed E-state index contributed by atoms with van der Waals surface area (Å²) in [5.41, 5.74) is 2.82. The molecule has 1 N–H and O–H groups in total. The van der Waals surface area contributed by atoms with E-state index < -0.39 is 0 Å². The van der Waals surface area contributed by atoms with Gasteiger partial charge in [-0.05, 0) is 31.0 Å². The Labute approximate surface area is 192 Å². The Morgan fingerprint density at radius 1 is 0.970 bits per heavy atom. The lowest BCUT2D eigenvalue weighted by Crippen LogP contribution is -2.23. The van der Waals surface area contributed by atoms with Crippen LogP contribution in [0.25, 0.3) is 0 Å². The number of rotatable bonds is 11. The van der Waals surface area contributed by atoms with Crippen molar-refractivity contribution < 1.29 is 23.8 Å². The number of aromatic nitrogens is 3. The molecule has 0 atom stereocenters. The molecule has 0 bridgehead atoms. The van der Waals surface area contributed by atoms with Crippen molar-refractivity contribution in [1.29, 1.82) is 0 Å². The Balaban J connectivity index is 1.54. The zero-order valence-corrected chi connectivity index (χ0v) is 19.3. The van der Waals surface area contributed by atoms with Crippen LogP contribution in [0.1, 0.15) is 44.8 Å². The third kappa shape index (κ3) is 5.88. The summed E-state index contributed by atoms with van der Waals surface area (Å²) < 4.78 is 17.5. The first-order valence-corrected chi connectivity index (χ1v) is 10.5. The van der Waals surface area contributed by atoms with Crippen molar-refractivity contribution in [2.24, 2.45) is 0 Å². The zero-order chi connectivity index (χ0) is 23.8. The van der Waals surface area contributed by atoms with Gasteiger partial charge in [0.2, 0.25) is 5.75 Å². The second kappa shape index (κ2) is 11.1. The van der Waals surface area contributed by atoms with Crippen LogP contribution in [-0.2, 0) is 13.1 Å². The van der Waals surface area contributed by atoms with Gasteiger partial charge in [-0.1, -0.05) is 35.0 Å². The molecule has 1 amide bonds. The van der Waals surface area contributed by atoms with Gasteiger partial charge in [0, 0.05) is 19.5 Å². The van der Waals surface area contributed by atoms with Crippen LogP contribution in [0.3, 0.4) is 0 Å². The van der Waals surface area contributed by atoms with Gasteiger partial charge >= 0.3 is 0 Å². The number of amides is 1. The van der Waals surface area contributed by atoms with Crippen LogP contribution in [0, 0.1) is 6.92 Å². The predicted octanol–water partition coefficient (Wildman–Crippen LogP) is 3.21. The van der Waals surface area contributed by atoms with Crippen LogP contribution in [0.2, 0.25) is 0 Å². The highest BCUT2D eigenvalue weighted by atomic mass is 16.5. The maximum Gasteiger partial charge on any atom is 0.273 e. The normalized spacial score (nSPS) is 10.5. The molecule has 0 aliphatic rings. The molecule has 1 aromatic heterocycles. The fourth-order valence-electron chi connectivity index (χ4n) is 3.35. The van der Waals surface area contributed by atoms with E-state index in [1.807, 2.05) is 31.2 Å². The van der Waals surface area contributed by atoms with Crippen molar-refractivity contribution in [2.75, 3.05) is 21.3 Å². The van der Waals surface area contributed by atoms with Crippen molar-refractivity contribution >= 4 is 11.7 Å². The molecule has 0 spiro atoms. The van der Waals surface area contributed by atoms with E-state index in [4.69, 9.17) is 14.2 Å². The van der Waals surface area contributed by atoms with E-state index in [9.17, 15) is 9.59 Å². The fourth-order valence-corrected chi connectivity index (χ4v) is 3.35. The maximum atomic E-state index is 12.8. The number of benzene rings is 2. The smallest absolute Gasteiger partial charge is 0.273 e. The van der Waals surface area contributed by atoms with E-state index in [1.165, 1.54) is 21.3 Å². The molecule has 0 aliphatic carbocycles. The summed E-state index contributed by atoms with van der Waals surface area (Å²) in [6.07, 6.45) is 2.36. The third-order valence-corrected chi connectivity index (χ3v) is 5.14. The maximum absolute atomic E-state index is 12.8. The molecule has 2 aromatic carbocycles. The lowest BCUT2D eigenvalue weighted by atomic mass is 10.0. The molecule has 0 aliphatic heterocycles. The van der Waals surface area contributed by atoms with Gasteiger partial charge in [-0.2, -0.15) is 0 Å². The molecule has 3 rings (SSSR count). The highest BCUT2D eigenvalue weighted by molar-refractivity contribution is 6.00. The van der Waals surface area contributed by atoms with Crippen molar-refractivity contribution in [3.8, 4) is 17.2 Å². The molecule has 3 aromatic rings. The molecule has 0 saturated carbocycles. The number of ketones is 1. The van der Waals surface area contributed by atoms with E-state index in [-0.39, 0.29) is 23.8 Å². The summed E-state index contributed by atoms with van der Waals surface area (Å²) in [6, 6.07) is 11.3. The highest BCUT2D eigenvalue weighted by Crippen LogP contribution is 2.40. The van der Waals surface area contributed by atoms with Gasteiger partial charge in [0.15, 0.2) is 23.0 Å². The number of carbonyl (C=O) groups excluding carboxylic acids is 2. The van der Waals surface area contributed by atoms with E-state index in [0.29, 0.717) is 42.3 Å². The summed E-state index contributed by atoms with van der Waals surface area (Å²) in [5.74, 6) is 0.817. The number of hydrogen-bond acceptors (Lipinski definition) is 7. The summed E-state index contributed by atoms with van der Waals surface area (Å²) in [6.45, 7) is 2.87. The van der Waals surface area contributed by atoms with Gasteiger partial charge in [0.25, 0.3) is 5.91 Å². The van der Waals surface area contributed by atoms with E-state index >= 15 is 0 Å². The molecular formula is C24H28N4O5. The third-order valence-electron chi connectivity index (χ3n) is 5.14. The minimum Gasteiger partial charge on any atom is -0.493 e. The Morgan fingerprint density at radius 2 is 1.70 bits per heavy atom. The number of Topliss-reactive ketones (excluding diaryl/α,β-unsaturated/α-hetero) is 1. The average Bonchev–Trinajstić information content (AvgIpc) is 3.31. The number of nitrogens with one attached hydrogen (secondary N) is 1. The fraction of sp³-hybridized carbons (Fsp3) is 0.333. The number of ether oxygens (including phenoxy) is 3. The monoisotopic (exact) mass is 452 g/mol. The molecule has 33 heavy (non-hydrogen) atoms. The topological polar surface area (TPSA) is 105 Å². The molecule has 0 unspecified atom stereocenters. The average molecular weight is 453 g/mol. The first-order chi connectivity index (χ1) is 16.0. The van der Waals surface area contributed by atoms with E-state index in [0.717, 1.165) is 11.1 Å². The van der Waals surface area contributed by atoms with Crippen LogP contribution in [0.4, 0.5) is 0 Å². The number of methoxy groups -OCH3 is 3. The predicted molar refractivity (Wildman–Crippen MR) is 122 cm³/mol. The number of aryl methyl sites for hydroxylation is 2. The van der Waals surface area contributed by atoms with Gasteiger partial charge in [0.1, 0.15) is 0 Å². The summed E-state index contributed by atoms with van der Waals surface area (Å²) in [5, 5.41) is 10.8. The largest absolute Gasteiger partial charge is 0.493 e. The molecule has 9 nitrogen and oxygen atoms in total. The Kier molecular flexibility index (Phi) is 8.01. The molecular weight excluding hydrogens is 424 g/mol. The summed E-state index contributed by atoms with van der Waals surface area (Å²) >= 11 is 0. The Bertz CT molecular complexity index is 1110. The zero-order valence-electron chi connectivity index (χ0n) is 19.3. The summed E-state index contributed by atoms with van der Waals surface area (Å²) in [7, 11) is 4.50. The minimum atomic E-state index is -0.298. The highest BCUT2D eigenvalue weighted by Gasteiger charge is 2.20. The SMILES string of the molecule is COc1ccc(C(=O)CCCn2cc(C(=O)NCc3ccc(C)cc3)nn2)c(OC)c1OC. The molecule has 0 saturated heterocycles. The van der Waals surface area contributed by atoms with Crippen LogP contribution < -0.4 is 19.5 Å². The Hall–Kier alpha value is -3.88. The Morgan fingerprint density at radius 3 is 2.36 bits per heavy atom. The van der Waals surface area contributed by atoms with Gasteiger partial charge in [-0.15, -0.1) is 5.10 Å². The second-order valence-electron chi connectivity index (χ2n) is 7.44. The first kappa shape index (κ1) is 23.8. The minimum absolute atomic E-state index is 0.0935. The van der Waals surface area contributed by atoms with Crippen LogP contribution in [0.15, 0.2) is 42.6 Å². The number of hydrogen-bond donors (Lipinski definition) is 1. The molecule has 174 valence electrons. The van der Waals surface area contributed by atoms with E-state index in [1.54, 1.807) is 23.0 Å². The quantitative estimate of drug-likeness (QED) is 0.446. The van der Waals surface area contributed by atoms with Crippen LogP contribution in [-0.4, -0.2) is 48.0 Å². The van der Waals surface area contributed by atoms with Gasteiger partial charge in [-0.3, -0.25) is 14.3 Å². The standard InChI is InChI=1S/C24H28N4O5/c1-16-7-9-17(10-8-16)14-25-24(30)19-15-28(27-26-19)13-5-6-20(29)18-11-12-21(31-2)23(33-4)22(18)32-3/h7-12,15H,5-6,13-14H2,1-4H3,(H,25,30). The van der Waals surface area contributed by atoms with Gasteiger partial charge in [0.05, 0.1) is 33.1 Å². The molecule has 0 radical (unpaired) electrons. The van der Waals surface area contributed by atoms with Crippen LogP contribution in [0.5, 0.6) is 17.2 Å². The van der Waals surface area contributed by atoms with Crippen LogP contribution >= 0.6 is 0 Å². The molecule has 9 heteroatoms. The van der Waals surface area contributed by atoms with Crippen molar-refractivity contribution in [2.45, 2.75) is 32.9 Å². The number of carbonyl (C=O) groups is 2. The number of nitrogens with zero attached hydrogens (tertiary/aromatic N) is 3. The molecule has 1 heterocycles. The van der Waals surface area contributed by atoms with Crippen molar-refractivity contribution in [3.63, 3.8) is 0 Å². The molecule has 0 fully saturated rings. The lowest BCUT2D eigenvalue weighted by molar-refractivity contribution is 0.0943. The van der Waals surface area contributed by atoms with Gasteiger partial charge in [-0.25, -0.2) is 0 Å². The lowest BCUT2D eigenvalue weighted by Gasteiger charge is -2.15. The van der Waals surface area contributed by atoms with Crippen molar-refractivity contribution in [1.82, 2.24) is 20.3 Å². The summed E-state index contributed by atoms with van der Waals surface area (Å²) in [4.78, 5) is 25.1. The first-order valence-electron chi connectivity index (χ1n) is 10.5.